The fourth-order valence-corrected chi connectivity index (χ4v) is 3.92. The summed E-state index contributed by atoms with van der Waals surface area (Å²) in [6, 6.07) is 0. The number of halogens is 1. The normalized spacial score (nSPS) is 18.6. The molecule has 0 saturated carbocycles. The van der Waals surface area contributed by atoms with Crippen LogP contribution in [0.1, 0.15) is 33.6 Å². The van der Waals surface area contributed by atoms with Gasteiger partial charge in [0.05, 0.1) is 0 Å². The molecule has 0 radical (unpaired) electrons. The Balaban J connectivity index is 0.00000288. The lowest BCUT2D eigenvalue weighted by Crippen LogP contribution is -2.49. The Morgan fingerprint density at radius 2 is 2.08 bits per heavy atom. The fourth-order valence-electron chi connectivity index (χ4n) is 2.63. The minimum atomic E-state index is 0. The lowest BCUT2D eigenvalue weighted by atomic mass is 10.1. The molecule has 1 aromatic rings. The molecule has 0 spiro atoms. The van der Waals surface area contributed by atoms with Crippen LogP contribution in [0, 0.1) is 5.92 Å². The fraction of sp³-hybridized carbons (Fsp3) is 0.812. The van der Waals surface area contributed by atoms with Crippen LogP contribution in [-0.4, -0.2) is 62.8 Å². The van der Waals surface area contributed by atoms with E-state index in [2.05, 4.69) is 52.9 Å². The maximum atomic E-state index is 4.83. The first-order valence-corrected chi connectivity index (χ1v) is 9.72. The highest BCUT2D eigenvalue weighted by atomic mass is 127. The standard InChI is InChI=1S/C16H30N6S.HI/c1-4-17-16(22-9-10-23-15(11-22)14(2)3)18-7-5-6-8-21-12-19-20-13-21;/h12-15H,4-11H2,1-3H3,(H,17,18);1H. The number of rotatable bonds is 7. The smallest absolute Gasteiger partial charge is 0.193 e. The number of nitrogens with zero attached hydrogens (tertiary/aromatic N) is 5. The Bertz CT molecular complexity index is 465. The molecule has 1 unspecified atom stereocenters. The summed E-state index contributed by atoms with van der Waals surface area (Å²) < 4.78 is 2.02. The van der Waals surface area contributed by atoms with Crippen molar-refractivity contribution in [3.63, 3.8) is 0 Å². The van der Waals surface area contributed by atoms with E-state index in [1.165, 1.54) is 5.75 Å². The van der Waals surface area contributed by atoms with Crippen molar-refractivity contribution in [3.8, 4) is 0 Å². The van der Waals surface area contributed by atoms with E-state index < -0.39 is 0 Å². The highest BCUT2D eigenvalue weighted by Crippen LogP contribution is 2.24. The summed E-state index contributed by atoms with van der Waals surface area (Å²) >= 11 is 2.10. The lowest BCUT2D eigenvalue weighted by molar-refractivity contribution is 0.380. The Labute approximate surface area is 167 Å². The van der Waals surface area contributed by atoms with Crippen LogP contribution in [0.4, 0.5) is 0 Å². The highest BCUT2D eigenvalue weighted by molar-refractivity contribution is 14.0. The highest BCUT2D eigenvalue weighted by Gasteiger charge is 2.24. The Hall–Kier alpha value is -0.510. The zero-order valence-corrected chi connectivity index (χ0v) is 18.2. The summed E-state index contributed by atoms with van der Waals surface area (Å²) in [6.07, 6.45) is 5.73. The molecule has 1 aliphatic rings. The number of hydrogen-bond acceptors (Lipinski definition) is 4. The monoisotopic (exact) mass is 466 g/mol. The van der Waals surface area contributed by atoms with Crippen molar-refractivity contribution >= 4 is 41.7 Å². The molecule has 0 bridgehead atoms. The van der Waals surface area contributed by atoms with Crippen LogP contribution in [0.15, 0.2) is 17.6 Å². The van der Waals surface area contributed by atoms with E-state index in [1.54, 1.807) is 12.7 Å². The molecule has 24 heavy (non-hydrogen) atoms. The first-order valence-electron chi connectivity index (χ1n) is 8.68. The predicted molar refractivity (Wildman–Crippen MR) is 113 cm³/mol. The molecule has 1 atom stereocenters. The number of hydrogen-bond donors (Lipinski definition) is 1. The molecule has 0 amide bonds. The van der Waals surface area contributed by atoms with E-state index in [0.29, 0.717) is 5.25 Å². The van der Waals surface area contributed by atoms with Crippen LogP contribution in [0.5, 0.6) is 0 Å². The predicted octanol–water partition coefficient (Wildman–Crippen LogP) is 2.72. The van der Waals surface area contributed by atoms with E-state index in [0.717, 1.165) is 57.4 Å². The number of unbranched alkanes of at least 4 members (excludes halogenated alkanes) is 1. The van der Waals surface area contributed by atoms with Gasteiger partial charge in [0.15, 0.2) is 5.96 Å². The molecule has 0 aromatic carbocycles. The van der Waals surface area contributed by atoms with Gasteiger partial charge in [-0.15, -0.1) is 34.2 Å². The zero-order chi connectivity index (χ0) is 16.5. The first-order chi connectivity index (χ1) is 11.2. The van der Waals surface area contributed by atoms with Crippen molar-refractivity contribution in [3.05, 3.63) is 12.7 Å². The minimum Gasteiger partial charge on any atom is -0.357 e. The molecule has 1 aliphatic heterocycles. The second kappa shape index (κ2) is 11.9. The van der Waals surface area contributed by atoms with Crippen LogP contribution < -0.4 is 5.32 Å². The number of nitrogens with one attached hydrogen (secondary N) is 1. The van der Waals surface area contributed by atoms with Gasteiger partial charge in [-0.1, -0.05) is 13.8 Å². The average molecular weight is 466 g/mol. The van der Waals surface area contributed by atoms with E-state index in [1.807, 2.05) is 4.57 Å². The van der Waals surface area contributed by atoms with Crippen molar-refractivity contribution in [2.75, 3.05) is 31.9 Å². The molecule has 1 fully saturated rings. The summed E-state index contributed by atoms with van der Waals surface area (Å²) in [5, 5.41) is 11.8. The van der Waals surface area contributed by atoms with Gasteiger partial charge in [0, 0.05) is 43.7 Å². The number of thioether (sulfide) groups is 1. The van der Waals surface area contributed by atoms with Gasteiger partial charge >= 0.3 is 0 Å². The third-order valence-corrected chi connectivity index (χ3v) is 5.56. The topological polar surface area (TPSA) is 58.3 Å². The van der Waals surface area contributed by atoms with Crippen molar-refractivity contribution in [1.29, 1.82) is 0 Å². The van der Waals surface area contributed by atoms with Crippen LogP contribution in [0.25, 0.3) is 0 Å². The molecule has 6 nitrogen and oxygen atoms in total. The molecule has 8 heteroatoms. The molecule has 1 N–H and O–H groups in total. The SMILES string of the molecule is CCNC(=NCCCCn1cnnc1)N1CCSC(C(C)C)C1.I. The average Bonchev–Trinajstić information content (AvgIpc) is 3.07. The van der Waals surface area contributed by atoms with Gasteiger partial charge in [-0.2, -0.15) is 11.8 Å². The quantitative estimate of drug-likeness (QED) is 0.290. The molecular weight excluding hydrogens is 435 g/mol. The number of guanidine groups is 1. The van der Waals surface area contributed by atoms with Crippen LogP contribution in [-0.2, 0) is 6.54 Å². The van der Waals surface area contributed by atoms with Crippen LogP contribution in [0.3, 0.4) is 0 Å². The first kappa shape index (κ1) is 21.5. The zero-order valence-electron chi connectivity index (χ0n) is 15.0. The Kier molecular flexibility index (Phi) is 10.7. The van der Waals surface area contributed by atoms with Crippen LogP contribution >= 0.6 is 35.7 Å². The van der Waals surface area contributed by atoms with Crippen molar-refractivity contribution in [2.45, 2.75) is 45.4 Å². The van der Waals surface area contributed by atoms with Gasteiger partial charge in [-0.05, 0) is 25.7 Å². The van der Waals surface area contributed by atoms with E-state index >= 15 is 0 Å². The van der Waals surface area contributed by atoms with Gasteiger partial charge in [-0.3, -0.25) is 4.99 Å². The summed E-state index contributed by atoms with van der Waals surface area (Å²) in [5.41, 5.74) is 0. The van der Waals surface area contributed by atoms with E-state index in [4.69, 9.17) is 4.99 Å². The lowest BCUT2D eigenvalue weighted by Gasteiger charge is -2.36. The van der Waals surface area contributed by atoms with E-state index in [9.17, 15) is 0 Å². The summed E-state index contributed by atoms with van der Waals surface area (Å²) in [4.78, 5) is 7.27. The second-order valence-corrected chi connectivity index (χ2v) is 7.59. The van der Waals surface area contributed by atoms with Crippen molar-refractivity contribution in [2.24, 2.45) is 10.9 Å². The molecule has 2 rings (SSSR count). The summed E-state index contributed by atoms with van der Waals surface area (Å²) in [7, 11) is 0. The van der Waals surface area contributed by atoms with Gasteiger partial charge in [0.1, 0.15) is 12.7 Å². The molecule has 1 saturated heterocycles. The second-order valence-electron chi connectivity index (χ2n) is 6.24. The van der Waals surface area contributed by atoms with E-state index in [-0.39, 0.29) is 24.0 Å². The van der Waals surface area contributed by atoms with Gasteiger partial charge in [0.2, 0.25) is 0 Å². The molecule has 138 valence electrons. The summed E-state index contributed by atoms with van der Waals surface area (Å²) in [5.74, 6) is 3.00. The number of aryl methyl sites for hydroxylation is 1. The number of aliphatic imine (C=N–C) groups is 1. The van der Waals surface area contributed by atoms with Crippen molar-refractivity contribution in [1.82, 2.24) is 25.0 Å². The van der Waals surface area contributed by atoms with Gasteiger partial charge in [-0.25, -0.2) is 0 Å². The minimum absolute atomic E-state index is 0. The maximum Gasteiger partial charge on any atom is 0.193 e. The Morgan fingerprint density at radius 1 is 1.33 bits per heavy atom. The van der Waals surface area contributed by atoms with Crippen LogP contribution in [0.2, 0.25) is 0 Å². The third-order valence-electron chi connectivity index (χ3n) is 4.02. The Morgan fingerprint density at radius 3 is 2.75 bits per heavy atom. The maximum absolute atomic E-state index is 4.83. The molecule has 1 aromatic heterocycles. The number of aromatic nitrogens is 3. The summed E-state index contributed by atoms with van der Waals surface area (Å²) in [6.45, 7) is 11.7. The molecule has 2 heterocycles. The van der Waals surface area contributed by atoms with Gasteiger partial charge < -0.3 is 14.8 Å². The largest absolute Gasteiger partial charge is 0.357 e. The van der Waals surface area contributed by atoms with Gasteiger partial charge in [0.25, 0.3) is 0 Å². The van der Waals surface area contributed by atoms with Crippen molar-refractivity contribution < 1.29 is 0 Å². The molecular formula is C16H31IN6S. The third kappa shape index (κ3) is 7.16. The molecule has 0 aliphatic carbocycles.